The molecule has 1 aromatic heterocycles. The molecule has 3 aromatic rings. The SMILES string of the molecule is CCCNC(=O)CNC(=O)c1ccc2n[nH]c(/C=C/c3ccc(F)cc3)c2c1OC. The molecule has 3 N–H and O–H groups in total. The Balaban J connectivity index is 1.86. The van der Waals surface area contributed by atoms with E-state index in [1.165, 1.54) is 19.2 Å². The number of carbonyl (C=O) groups excluding carboxylic acids is 2. The Bertz CT molecular complexity index is 1070. The molecule has 3 rings (SSSR count). The molecular formula is C22H23FN4O3. The van der Waals surface area contributed by atoms with Gasteiger partial charge in [-0.15, -0.1) is 0 Å². The molecular weight excluding hydrogens is 387 g/mol. The van der Waals surface area contributed by atoms with E-state index in [0.29, 0.717) is 34.5 Å². The van der Waals surface area contributed by atoms with Crippen molar-refractivity contribution in [2.75, 3.05) is 20.2 Å². The van der Waals surface area contributed by atoms with E-state index in [9.17, 15) is 14.0 Å². The zero-order valence-corrected chi connectivity index (χ0v) is 16.8. The van der Waals surface area contributed by atoms with Crippen LogP contribution in [-0.2, 0) is 4.79 Å². The quantitative estimate of drug-likeness (QED) is 0.532. The van der Waals surface area contributed by atoms with Crippen molar-refractivity contribution in [2.24, 2.45) is 0 Å². The molecule has 8 heteroatoms. The van der Waals surface area contributed by atoms with Crippen LogP contribution in [0.15, 0.2) is 36.4 Å². The van der Waals surface area contributed by atoms with Gasteiger partial charge in [-0.3, -0.25) is 14.7 Å². The number of halogens is 1. The van der Waals surface area contributed by atoms with Crippen LogP contribution in [-0.4, -0.2) is 42.2 Å². The van der Waals surface area contributed by atoms with Crippen molar-refractivity contribution in [3.63, 3.8) is 0 Å². The molecule has 0 aliphatic rings. The largest absolute Gasteiger partial charge is 0.495 e. The van der Waals surface area contributed by atoms with E-state index >= 15 is 0 Å². The molecule has 7 nitrogen and oxygen atoms in total. The van der Waals surface area contributed by atoms with Gasteiger partial charge in [-0.05, 0) is 42.3 Å². The van der Waals surface area contributed by atoms with Gasteiger partial charge < -0.3 is 15.4 Å². The van der Waals surface area contributed by atoms with Gasteiger partial charge in [-0.2, -0.15) is 5.10 Å². The van der Waals surface area contributed by atoms with Crippen LogP contribution in [0, 0.1) is 5.82 Å². The lowest BCUT2D eigenvalue weighted by molar-refractivity contribution is -0.120. The monoisotopic (exact) mass is 410 g/mol. The topological polar surface area (TPSA) is 96.1 Å². The van der Waals surface area contributed by atoms with Crippen LogP contribution in [0.5, 0.6) is 5.75 Å². The first-order chi connectivity index (χ1) is 14.5. The standard InChI is InChI=1S/C22H23FN4O3/c1-3-12-24-19(28)13-25-22(29)16-9-11-18-20(21(16)30-2)17(26-27-18)10-6-14-4-7-15(23)8-5-14/h4-11H,3,12-13H2,1-2H3,(H,24,28)(H,25,29)(H,26,27)/b10-6+. The van der Waals surface area contributed by atoms with Crippen LogP contribution in [0.1, 0.15) is 35.0 Å². The molecule has 0 radical (unpaired) electrons. The Morgan fingerprint density at radius 3 is 2.60 bits per heavy atom. The summed E-state index contributed by atoms with van der Waals surface area (Å²) in [6, 6.07) is 9.38. The van der Waals surface area contributed by atoms with E-state index in [4.69, 9.17) is 4.74 Å². The molecule has 0 atom stereocenters. The summed E-state index contributed by atoms with van der Waals surface area (Å²) in [4.78, 5) is 24.4. The van der Waals surface area contributed by atoms with Gasteiger partial charge >= 0.3 is 0 Å². The predicted molar refractivity (Wildman–Crippen MR) is 114 cm³/mol. The third kappa shape index (κ3) is 4.83. The minimum absolute atomic E-state index is 0.122. The van der Waals surface area contributed by atoms with Crippen molar-refractivity contribution in [1.82, 2.24) is 20.8 Å². The normalized spacial score (nSPS) is 11.0. The van der Waals surface area contributed by atoms with Gasteiger partial charge in [0.15, 0.2) is 0 Å². The first-order valence-electron chi connectivity index (χ1n) is 9.57. The zero-order valence-electron chi connectivity index (χ0n) is 16.8. The first kappa shape index (κ1) is 21.0. The molecule has 0 spiro atoms. The van der Waals surface area contributed by atoms with Crippen LogP contribution in [0.2, 0.25) is 0 Å². The zero-order chi connectivity index (χ0) is 21.5. The molecule has 156 valence electrons. The minimum atomic E-state index is -0.421. The van der Waals surface area contributed by atoms with Crippen LogP contribution in [0.25, 0.3) is 23.1 Å². The van der Waals surface area contributed by atoms with Gasteiger partial charge in [0, 0.05) is 6.54 Å². The summed E-state index contributed by atoms with van der Waals surface area (Å²) >= 11 is 0. The second kappa shape index (κ2) is 9.69. The number of nitrogens with one attached hydrogen (secondary N) is 3. The molecule has 2 amide bonds. The minimum Gasteiger partial charge on any atom is -0.495 e. The predicted octanol–water partition coefficient (Wildman–Crippen LogP) is 3.14. The summed E-state index contributed by atoms with van der Waals surface area (Å²) in [6.45, 7) is 2.39. The number of ether oxygens (including phenoxy) is 1. The fourth-order valence-electron chi connectivity index (χ4n) is 2.95. The van der Waals surface area contributed by atoms with Crippen molar-refractivity contribution in [3.05, 3.63) is 59.0 Å². The number of nitrogens with zero attached hydrogens (tertiary/aromatic N) is 1. The highest BCUT2D eigenvalue weighted by molar-refractivity contribution is 6.06. The van der Waals surface area contributed by atoms with Crippen molar-refractivity contribution in [2.45, 2.75) is 13.3 Å². The molecule has 2 aromatic carbocycles. The third-order valence-electron chi connectivity index (χ3n) is 4.44. The Labute approximate surface area is 173 Å². The van der Waals surface area contributed by atoms with Gasteiger partial charge in [0.25, 0.3) is 5.91 Å². The van der Waals surface area contributed by atoms with Crippen molar-refractivity contribution >= 4 is 34.9 Å². The van der Waals surface area contributed by atoms with Crippen molar-refractivity contribution < 1.29 is 18.7 Å². The second-order valence-electron chi connectivity index (χ2n) is 6.60. The second-order valence-corrected chi connectivity index (χ2v) is 6.60. The van der Waals surface area contributed by atoms with E-state index in [2.05, 4.69) is 20.8 Å². The summed E-state index contributed by atoms with van der Waals surface area (Å²) in [5.74, 6) is -0.627. The number of hydrogen-bond acceptors (Lipinski definition) is 4. The molecule has 0 aliphatic carbocycles. The van der Waals surface area contributed by atoms with Crippen LogP contribution in [0.3, 0.4) is 0 Å². The average molecular weight is 410 g/mol. The average Bonchev–Trinajstić information content (AvgIpc) is 3.18. The number of aromatic amines is 1. The number of H-pyrrole nitrogens is 1. The number of fused-ring (bicyclic) bond motifs is 1. The number of rotatable bonds is 8. The van der Waals surface area contributed by atoms with E-state index in [1.807, 2.05) is 6.92 Å². The molecule has 1 heterocycles. The highest BCUT2D eigenvalue weighted by atomic mass is 19.1. The van der Waals surface area contributed by atoms with E-state index in [1.54, 1.807) is 36.4 Å². The van der Waals surface area contributed by atoms with Crippen molar-refractivity contribution in [3.8, 4) is 5.75 Å². The summed E-state index contributed by atoms with van der Waals surface area (Å²) < 4.78 is 18.6. The lowest BCUT2D eigenvalue weighted by Crippen LogP contribution is -2.37. The van der Waals surface area contributed by atoms with Crippen LogP contribution < -0.4 is 15.4 Å². The molecule has 0 fully saturated rings. The summed E-state index contributed by atoms with van der Waals surface area (Å²) in [5.41, 5.74) is 2.38. The lowest BCUT2D eigenvalue weighted by Gasteiger charge is -2.11. The van der Waals surface area contributed by atoms with E-state index < -0.39 is 5.91 Å². The number of carbonyl (C=O) groups is 2. The number of amides is 2. The summed E-state index contributed by atoms with van der Waals surface area (Å²) in [6.07, 6.45) is 4.40. The molecule has 0 saturated carbocycles. The fraction of sp³-hybridized carbons (Fsp3) is 0.227. The van der Waals surface area contributed by atoms with Gasteiger partial charge in [0.2, 0.25) is 5.91 Å². The smallest absolute Gasteiger partial charge is 0.255 e. The van der Waals surface area contributed by atoms with Gasteiger partial charge in [-0.25, -0.2) is 4.39 Å². The maximum absolute atomic E-state index is 13.1. The Morgan fingerprint density at radius 1 is 1.13 bits per heavy atom. The van der Waals surface area contributed by atoms with Gasteiger partial charge in [0.05, 0.1) is 35.8 Å². The highest BCUT2D eigenvalue weighted by Gasteiger charge is 2.19. The summed E-state index contributed by atoms with van der Waals surface area (Å²) in [5, 5.41) is 13.1. The Hall–Kier alpha value is -3.68. The maximum Gasteiger partial charge on any atom is 0.255 e. The van der Waals surface area contributed by atoms with E-state index in [0.717, 1.165) is 12.0 Å². The first-order valence-corrected chi connectivity index (χ1v) is 9.57. The number of aromatic nitrogens is 2. The maximum atomic E-state index is 13.1. The molecule has 0 unspecified atom stereocenters. The molecule has 0 saturated heterocycles. The lowest BCUT2D eigenvalue weighted by atomic mass is 10.1. The number of methoxy groups -OCH3 is 1. The number of hydrogen-bond donors (Lipinski definition) is 3. The van der Waals surface area contributed by atoms with Gasteiger partial charge in [-0.1, -0.05) is 25.1 Å². The van der Waals surface area contributed by atoms with Crippen LogP contribution in [0.4, 0.5) is 4.39 Å². The Morgan fingerprint density at radius 2 is 1.90 bits per heavy atom. The summed E-state index contributed by atoms with van der Waals surface area (Å²) in [7, 11) is 1.47. The van der Waals surface area contributed by atoms with Crippen molar-refractivity contribution in [1.29, 1.82) is 0 Å². The Kier molecular flexibility index (Phi) is 6.79. The fourth-order valence-corrected chi connectivity index (χ4v) is 2.95. The third-order valence-corrected chi connectivity index (χ3v) is 4.44. The highest BCUT2D eigenvalue weighted by Crippen LogP contribution is 2.32. The number of benzene rings is 2. The molecule has 30 heavy (non-hydrogen) atoms. The van der Waals surface area contributed by atoms with Gasteiger partial charge in [0.1, 0.15) is 11.6 Å². The molecule has 0 aliphatic heterocycles. The van der Waals surface area contributed by atoms with E-state index in [-0.39, 0.29) is 18.3 Å². The molecule has 0 bridgehead atoms. The van der Waals surface area contributed by atoms with Crippen LogP contribution >= 0.6 is 0 Å².